The van der Waals surface area contributed by atoms with Crippen LogP contribution in [-0.4, -0.2) is 35.9 Å². The lowest BCUT2D eigenvalue weighted by molar-refractivity contribution is -0.115. The van der Waals surface area contributed by atoms with E-state index < -0.39 is 5.54 Å². The highest BCUT2D eigenvalue weighted by Gasteiger charge is 2.18. The van der Waals surface area contributed by atoms with Crippen molar-refractivity contribution in [3.63, 3.8) is 0 Å². The summed E-state index contributed by atoms with van der Waals surface area (Å²) in [5.74, 6) is -0.0247. The summed E-state index contributed by atoms with van der Waals surface area (Å²) in [4.78, 5) is 11.6. The summed E-state index contributed by atoms with van der Waals surface area (Å²) in [6, 6.07) is 5.57. The van der Waals surface area contributed by atoms with E-state index in [1.807, 2.05) is 32.0 Å². The van der Waals surface area contributed by atoms with Gasteiger partial charge in [-0.15, -0.1) is 0 Å². The van der Waals surface area contributed by atoms with Gasteiger partial charge in [0.15, 0.2) is 0 Å². The molecule has 0 fully saturated rings. The number of para-hydroxylation sites is 1. The SMILES string of the molecule is CC(C)(CO)N/C=C(\C=N)c1cccc2c1NCCC(=O)N2. The van der Waals surface area contributed by atoms with E-state index >= 15 is 0 Å². The zero-order chi connectivity index (χ0) is 16.2. The third kappa shape index (κ3) is 3.65. The summed E-state index contributed by atoms with van der Waals surface area (Å²) in [5, 5.41) is 26.2. The standard InChI is InChI=1S/C16H22N4O2/c1-16(2,10-21)19-9-11(8-17)12-4-3-5-13-15(12)18-7-6-14(22)20-13/h3-5,8-9,17-19,21H,6-7,10H2,1-2H3,(H,20,22)/b11-9+,17-8?. The maximum atomic E-state index is 11.6. The Morgan fingerprint density at radius 2 is 2.27 bits per heavy atom. The molecule has 1 amide bonds. The fourth-order valence-corrected chi connectivity index (χ4v) is 2.12. The van der Waals surface area contributed by atoms with Gasteiger partial charge in [0.25, 0.3) is 0 Å². The van der Waals surface area contributed by atoms with Crippen molar-refractivity contribution in [1.82, 2.24) is 5.32 Å². The first-order chi connectivity index (χ1) is 10.5. The molecule has 0 aliphatic carbocycles. The molecular formula is C16H22N4O2. The van der Waals surface area contributed by atoms with Crippen molar-refractivity contribution < 1.29 is 9.90 Å². The normalized spacial score (nSPS) is 15.2. The van der Waals surface area contributed by atoms with Gasteiger partial charge in [-0.05, 0) is 19.9 Å². The summed E-state index contributed by atoms with van der Waals surface area (Å²) in [7, 11) is 0. The minimum atomic E-state index is -0.471. The van der Waals surface area contributed by atoms with Crippen LogP contribution >= 0.6 is 0 Å². The quantitative estimate of drug-likeness (QED) is 0.536. The van der Waals surface area contributed by atoms with Gasteiger partial charge in [0.05, 0.1) is 23.5 Å². The highest BCUT2D eigenvalue weighted by atomic mass is 16.3. The Kier molecular flexibility index (Phi) is 4.82. The molecule has 0 atom stereocenters. The monoisotopic (exact) mass is 302 g/mol. The summed E-state index contributed by atoms with van der Waals surface area (Å²) in [6.45, 7) is 4.27. The number of anilines is 2. The Hall–Kier alpha value is -2.34. The number of amides is 1. The Labute approximate surface area is 130 Å². The minimum Gasteiger partial charge on any atom is -0.394 e. The van der Waals surface area contributed by atoms with Crippen molar-refractivity contribution in [3.05, 3.63) is 30.0 Å². The number of aliphatic hydroxyl groups excluding tert-OH is 1. The predicted molar refractivity (Wildman–Crippen MR) is 89.2 cm³/mol. The van der Waals surface area contributed by atoms with E-state index in [9.17, 15) is 9.90 Å². The van der Waals surface area contributed by atoms with E-state index in [1.54, 1.807) is 6.20 Å². The predicted octanol–water partition coefficient (Wildman–Crippen LogP) is 1.79. The van der Waals surface area contributed by atoms with Crippen LogP contribution in [0.5, 0.6) is 0 Å². The molecule has 1 aliphatic rings. The molecule has 6 heteroatoms. The molecular weight excluding hydrogens is 280 g/mol. The van der Waals surface area contributed by atoms with Crippen molar-refractivity contribution in [2.45, 2.75) is 25.8 Å². The van der Waals surface area contributed by atoms with E-state index in [0.717, 1.165) is 11.3 Å². The molecule has 118 valence electrons. The van der Waals surface area contributed by atoms with Crippen molar-refractivity contribution >= 4 is 29.1 Å². The van der Waals surface area contributed by atoms with Crippen LogP contribution in [0, 0.1) is 5.41 Å². The van der Waals surface area contributed by atoms with Crippen LogP contribution in [0.2, 0.25) is 0 Å². The third-order valence-corrected chi connectivity index (χ3v) is 3.47. The molecule has 1 aromatic rings. The average molecular weight is 302 g/mol. The van der Waals surface area contributed by atoms with Gasteiger partial charge in [0.1, 0.15) is 0 Å². The van der Waals surface area contributed by atoms with Crippen LogP contribution in [0.25, 0.3) is 5.57 Å². The van der Waals surface area contributed by atoms with Crippen LogP contribution in [0.15, 0.2) is 24.4 Å². The number of fused-ring (bicyclic) bond motifs is 1. The van der Waals surface area contributed by atoms with E-state index in [0.29, 0.717) is 24.2 Å². The number of nitrogens with one attached hydrogen (secondary N) is 4. The van der Waals surface area contributed by atoms with Crippen LogP contribution < -0.4 is 16.0 Å². The van der Waals surface area contributed by atoms with Crippen molar-refractivity contribution in [1.29, 1.82) is 5.41 Å². The van der Waals surface area contributed by atoms with E-state index in [2.05, 4.69) is 16.0 Å². The van der Waals surface area contributed by atoms with Crippen molar-refractivity contribution in [2.75, 3.05) is 23.8 Å². The van der Waals surface area contributed by atoms with Gasteiger partial charge in [-0.1, -0.05) is 12.1 Å². The first-order valence-electron chi connectivity index (χ1n) is 7.23. The Morgan fingerprint density at radius 1 is 1.50 bits per heavy atom. The Morgan fingerprint density at radius 3 is 2.95 bits per heavy atom. The molecule has 1 aromatic carbocycles. The summed E-state index contributed by atoms with van der Waals surface area (Å²) in [5.41, 5.74) is 2.56. The van der Waals surface area contributed by atoms with Crippen molar-refractivity contribution in [3.8, 4) is 0 Å². The Balaban J connectivity index is 2.38. The first-order valence-corrected chi connectivity index (χ1v) is 7.23. The summed E-state index contributed by atoms with van der Waals surface area (Å²) >= 11 is 0. The van der Waals surface area contributed by atoms with Crippen molar-refractivity contribution in [2.24, 2.45) is 0 Å². The molecule has 22 heavy (non-hydrogen) atoms. The molecule has 6 nitrogen and oxygen atoms in total. The number of aliphatic hydroxyl groups is 1. The van der Waals surface area contributed by atoms with E-state index in [1.165, 1.54) is 6.21 Å². The summed E-state index contributed by atoms with van der Waals surface area (Å²) < 4.78 is 0. The molecule has 0 radical (unpaired) electrons. The number of carbonyl (C=O) groups is 1. The first kappa shape index (κ1) is 16.0. The van der Waals surface area contributed by atoms with Crippen LogP contribution in [-0.2, 0) is 4.79 Å². The van der Waals surface area contributed by atoms with Gasteiger partial charge >= 0.3 is 0 Å². The van der Waals surface area contributed by atoms with Gasteiger partial charge in [-0.3, -0.25) is 4.79 Å². The number of allylic oxidation sites excluding steroid dienone is 1. The molecule has 0 unspecified atom stereocenters. The summed E-state index contributed by atoms with van der Waals surface area (Å²) in [6.07, 6.45) is 3.38. The van der Waals surface area contributed by atoms with Gasteiger partial charge in [-0.25, -0.2) is 0 Å². The number of rotatable bonds is 5. The lowest BCUT2D eigenvalue weighted by Gasteiger charge is -2.23. The topological polar surface area (TPSA) is 97.2 Å². The smallest absolute Gasteiger partial charge is 0.226 e. The number of benzene rings is 1. The minimum absolute atomic E-state index is 0.0179. The highest BCUT2D eigenvalue weighted by molar-refractivity contribution is 6.12. The second-order valence-corrected chi connectivity index (χ2v) is 5.88. The molecule has 0 spiro atoms. The molecule has 0 aromatic heterocycles. The Bertz CT molecular complexity index is 608. The third-order valence-electron chi connectivity index (χ3n) is 3.47. The molecule has 0 saturated heterocycles. The van der Waals surface area contributed by atoms with Crippen LogP contribution in [0.1, 0.15) is 25.8 Å². The van der Waals surface area contributed by atoms with Gasteiger partial charge in [0.2, 0.25) is 5.91 Å². The maximum Gasteiger partial charge on any atom is 0.226 e. The lowest BCUT2D eigenvalue weighted by atomic mass is 10.0. The molecule has 1 heterocycles. The van der Waals surface area contributed by atoms with E-state index in [4.69, 9.17) is 5.41 Å². The van der Waals surface area contributed by atoms with Crippen LogP contribution in [0.4, 0.5) is 11.4 Å². The van der Waals surface area contributed by atoms with Gasteiger partial charge < -0.3 is 26.5 Å². The zero-order valence-electron chi connectivity index (χ0n) is 12.9. The molecule has 2 rings (SSSR count). The number of carbonyl (C=O) groups excluding carboxylic acids is 1. The largest absolute Gasteiger partial charge is 0.394 e. The van der Waals surface area contributed by atoms with Gasteiger partial charge in [0, 0.05) is 36.5 Å². The fraction of sp³-hybridized carbons (Fsp3) is 0.375. The van der Waals surface area contributed by atoms with Crippen LogP contribution in [0.3, 0.4) is 0 Å². The average Bonchev–Trinajstić information content (AvgIpc) is 2.68. The fourth-order valence-electron chi connectivity index (χ4n) is 2.12. The van der Waals surface area contributed by atoms with Gasteiger partial charge in [-0.2, -0.15) is 0 Å². The second-order valence-electron chi connectivity index (χ2n) is 5.88. The molecule has 1 aliphatic heterocycles. The maximum absolute atomic E-state index is 11.6. The highest BCUT2D eigenvalue weighted by Crippen LogP contribution is 2.32. The number of hydrogen-bond donors (Lipinski definition) is 5. The molecule has 0 bridgehead atoms. The number of hydrogen-bond acceptors (Lipinski definition) is 5. The molecule has 0 saturated carbocycles. The van der Waals surface area contributed by atoms with E-state index in [-0.39, 0.29) is 12.5 Å². The zero-order valence-corrected chi connectivity index (χ0v) is 12.9. The second kappa shape index (κ2) is 6.62. The lowest BCUT2D eigenvalue weighted by Crippen LogP contribution is -2.39. The molecule has 5 N–H and O–H groups in total.